The number of ether oxygens (including phenoxy) is 2. The number of urea groups is 1. The third-order valence-electron chi connectivity index (χ3n) is 6.12. The van der Waals surface area contributed by atoms with E-state index in [1.165, 1.54) is 17.8 Å². The number of anilines is 1. The Kier molecular flexibility index (Phi) is 7.08. The maximum Gasteiger partial charge on any atom is 0.315 e. The molecule has 3 N–H and O–H groups in total. The lowest BCUT2D eigenvalue weighted by Crippen LogP contribution is -2.51. The molecule has 0 radical (unpaired) electrons. The number of carbonyl (C=O) groups excluding carboxylic acids is 2. The van der Waals surface area contributed by atoms with Crippen molar-refractivity contribution in [3.05, 3.63) is 54.1 Å². The molecule has 2 aromatic carbocycles. The zero-order valence-corrected chi connectivity index (χ0v) is 20.0. The van der Waals surface area contributed by atoms with Gasteiger partial charge < -0.3 is 20.1 Å². The fraction of sp³-hybridized carbons (Fsp3) is 0.360. The van der Waals surface area contributed by atoms with Gasteiger partial charge >= 0.3 is 6.03 Å². The highest BCUT2D eigenvalue weighted by atomic mass is 32.1. The summed E-state index contributed by atoms with van der Waals surface area (Å²) in [6.07, 6.45) is 5.73. The largest absolute Gasteiger partial charge is 0.454 e. The molecule has 3 amide bonds. The molecule has 1 aliphatic carbocycles. The number of nitrogens with one attached hydrogen (secondary N) is 3. The molecule has 35 heavy (non-hydrogen) atoms. The first-order valence-corrected chi connectivity index (χ1v) is 12.6. The number of benzene rings is 2. The third-order valence-corrected chi connectivity index (χ3v) is 7.01. The zero-order valence-electron chi connectivity index (χ0n) is 19.2. The van der Waals surface area contributed by atoms with E-state index in [1.807, 2.05) is 48.5 Å². The van der Waals surface area contributed by atoms with Crippen LogP contribution in [0.3, 0.4) is 0 Å². The fourth-order valence-electron chi connectivity index (χ4n) is 4.30. The van der Waals surface area contributed by atoms with Crippen LogP contribution >= 0.6 is 11.3 Å². The van der Waals surface area contributed by atoms with Crippen LogP contribution < -0.4 is 25.4 Å². The van der Waals surface area contributed by atoms with Gasteiger partial charge in [-0.3, -0.25) is 10.1 Å². The first-order valence-electron chi connectivity index (χ1n) is 11.8. The lowest BCUT2D eigenvalue weighted by atomic mass is 9.96. The smallest absolute Gasteiger partial charge is 0.315 e. The second-order valence-electron chi connectivity index (χ2n) is 8.66. The van der Waals surface area contributed by atoms with Crippen LogP contribution in [0, 0.1) is 0 Å². The van der Waals surface area contributed by atoms with Crippen LogP contribution in [0.5, 0.6) is 11.5 Å². The molecule has 1 unspecified atom stereocenters. The van der Waals surface area contributed by atoms with Crippen LogP contribution in [0.1, 0.15) is 37.7 Å². The van der Waals surface area contributed by atoms with Crippen LogP contribution in [0.15, 0.2) is 48.5 Å². The number of amides is 3. The minimum absolute atomic E-state index is 0.150. The molecule has 1 aliphatic heterocycles. The van der Waals surface area contributed by atoms with E-state index in [4.69, 9.17) is 9.47 Å². The summed E-state index contributed by atoms with van der Waals surface area (Å²) >= 11 is 1.25. The Morgan fingerprint density at radius 2 is 1.80 bits per heavy atom. The molecule has 1 atom stereocenters. The highest BCUT2D eigenvalue weighted by Crippen LogP contribution is 2.37. The quantitative estimate of drug-likeness (QED) is 0.456. The minimum Gasteiger partial charge on any atom is -0.454 e. The first-order chi connectivity index (χ1) is 17.1. The van der Waals surface area contributed by atoms with Gasteiger partial charge in [-0.05, 0) is 36.6 Å². The van der Waals surface area contributed by atoms with Crippen molar-refractivity contribution in [1.29, 1.82) is 0 Å². The normalized spacial score (nSPS) is 15.9. The average molecular weight is 494 g/mol. The van der Waals surface area contributed by atoms with Crippen molar-refractivity contribution in [3.63, 3.8) is 0 Å². The Hall–Kier alpha value is -3.66. The summed E-state index contributed by atoms with van der Waals surface area (Å²) in [7, 11) is 0. The number of hydrogen-bond donors (Lipinski definition) is 3. The van der Waals surface area contributed by atoms with Crippen molar-refractivity contribution >= 4 is 28.4 Å². The molecular weight excluding hydrogens is 466 g/mol. The van der Waals surface area contributed by atoms with Crippen LogP contribution in [-0.2, 0) is 11.2 Å². The molecule has 5 rings (SSSR count). The van der Waals surface area contributed by atoms with Crippen molar-refractivity contribution < 1.29 is 19.1 Å². The molecule has 1 aromatic heterocycles. The van der Waals surface area contributed by atoms with E-state index in [9.17, 15) is 9.59 Å². The molecular formula is C25H27N5O4S. The van der Waals surface area contributed by atoms with Gasteiger partial charge in [-0.25, -0.2) is 4.79 Å². The summed E-state index contributed by atoms with van der Waals surface area (Å²) in [4.78, 5) is 25.9. The van der Waals surface area contributed by atoms with Gasteiger partial charge in [-0.15, -0.1) is 10.2 Å². The SMILES string of the molecule is O=C(NC1CCCCC1)NC(Cc1ccccc1)C(=O)Nc1nnc(-c2ccc3c(c2)OCO3)s1. The van der Waals surface area contributed by atoms with E-state index in [-0.39, 0.29) is 24.8 Å². The fourth-order valence-corrected chi connectivity index (χ4v) is 5.05. The van der Waals surface area contributed by atoms with Gasteiger partial charge in [0.15, 0.2) is 11.5 Å². The van der Waals surface area contributed by atoms with Gasteiger partial charge in [-0.2, -0.15) is 0 Å². The van der Waals surface area contributed by atoms with E-state index in [0.29, 0.717) is 28.1 Å². The second-order valence-corrected chi connectivity index (χ2v) is 9.64. The molecule has 0 saturated heterocycles. The predicted octanol–water partition coefficient (Wildman–Crippen LogP) is 4.12. The Balaban J connectivity index is 1.26. The summed E-state index contributed by atoms with van der Waals surface area (Å²) in [6.45, 7) is 0.195. The van der Waals surface area contributed by atoms with Crippen LogP contribution in [0.2, 0.25) is 0 Å². The van der Waals surface area contributed by atoms with Crippen LogP contribution in [0.25, 0.3) is 10.6 Å². The van der Waals surface area contributed by atoms with Gasteiger partial charge in [0.25, 0.3) is 0 Å². The van der Waals surface area contributed by atoms with E-state index < -0.39 is 6.04 Å². The molecule has 182 valence electrons. The van der Waals surface area contributed by atoms with Gasteiger partial charge in [0.05, 0.1) is 0 Å². The molecule has 2 heterocycles. The van der Waals surface area contributed by atoms with E-state index in [0.717, 1.165) is 36.8 Å². The van der Waals surface area contributed by atoms with Crippen LogP contribution in [-0.4, -0.2) is 41.0 Å². The lowest BCUT2D eigenvalue weighted by molar-refractivity contribution is -0.117. The highest BCUT2D eigenvalue weighted by molar-refractivity contribution is 7.18. The topological polar surface area (TPSA) is 114 Å². The van der Waals surface area contributed by atoms with E-state index >= 15 is 0 Å². The first kappa shape index (κ1) is 23.1. The Morgan fingerprint density at radius 1 is 1.00 bits per heavy atom. The number of nitrogens with zero attached hydrogens (tertiary/aromatic N) is 2. The van der Waals surface area contributed by atoms with E-state index in [2.05, 4.69) is 26.1 Å². The molecule has 0 spiro atoms. The summed E-state index contributed by atoms with van der Waals surface area (Å²) in [5.74, 6) is 0.994. The Labute approximate surface area is 207 Å². The van der Waals surface area contributed by atoms with Gasteiger partial charge in [0.2, 0.25) is 17.8 Å². The predicted molar refractivity (Wildman–Crippen MR) is 133 cm³/mol. The number of hydrogen-bond acceptors (Lipinski definition) is 7. The van der Waals surface area contributed by atoms with Crippen LogP contribution in [0.4, 0.5) is 9.93 Å². The van der Waals surface area contributed by atoms with Gasteiger partial charge in [-0.1, -0.05) is 60.9 Å². The van der Waals surface area contributed by atoms with Crippen molar-refractivity contribution in [3.8, 4) is 22.1 Å². The molecule has 2 aliphatic rings. The standard InChI is InChI=1S/C25H27N5O4S/c31-22(28-25-30-29-23(35-25)17-11-12-20-21(14-17)34-15-33-20)19(13-16-7-3-1-4-8-16)27-24(32)26-18-9-5-2-6-10-18/h1,3-4,7-8,11-12,14,18-19H,2,5-6,9-10,13,15H2,(H2,26,27,32)(H,28,30,31). The Bertz CT molecular complexity index is 1180. The number of aromatic nitrogens is 2. The average Bonchev–Trinajstić information content (AvgIpc) is 3.54. The van der Waals surface area contributed by atoms with Crippen molar-refractivity contribution in [2.24, 2.45) is 0 Å². The zero-order chi connectivity index (χ0) is 24.0. The maximum absolute atomic E-state index is 13.2. The summed E-state index contributed by atoms with van der Waals surface area (Å²) < 4.78 is 10.8. The third kappa shape index (κ3) is 5.89. The maximum atomic E-state index is 13.2. The molecule has 1 fully saturated rings. The van der Waals surface area contributed by atoms with Crippen molar-refractivity contribution in [2.45, 2.75) is 50.6 Å². The summed E-state index contributed by atoms with van der Waals surface area (Å²) in [6, 6.07) is 14.2. The lowest BCUT2D eigenvalue weighted by Gasteiger charge is -2.25. The molecule has 0 bridgehead atoms. The second kappa shape index (κ2) is 10.7. The number of fused-ring (bicyclic) bond motifs is 1. The minimum atomic E-state index is -0.765. The van der Waals surface area contributed by atoms with Crippen molar-refractivity contribution in [1.82, 2.24) is 20.8 Å². The van der Waals surface area contributed by atoms with Gasteiger partial charge in [0.1, 0.15) is 11.0 Å². The number of rotatable bonds is 7. The Morgan fingerprint density at radius 3 is 2.63 bits per heavy atom. The number of carbonyl (C=O) groups is 2. The molecule has 10 heteroatoms. The summed E-state index contributed by atoms with van der Waals surface area (Å²) in [5.41, 5.74) is 1.77. The highest BCUT2D eigenvalue weighted by Gasteiger charge is 2.25. The van der Waals surface area contributed by atoms with Crippen molar-refractivity contribution in [2.75, 3.05) is 12.1 Å². The van der Waals surface area contributed by atoms with Gasteiger partial charge in [0, 0.05) is 18.0 Å². The monoisotopic (exact) mass is 493 g/mol. The molecule has 3 aromatic rings. The summed E-state index contributed by atoms with van der Waals surface area (Å²) in [5, 5.41) is 18.0. The molecule has 9 nitrogen and oxygen atoms in total. The molecule has 1 saturated carbocycles. The van der Waals surface area contributed by atoms with E-state index in [1.54, 1.807) is 0 Å².